The highest BCUT2D eigenvalue weighted by Gasteiger charge is 2.54. The fourth-order valence-corrected chi connectivity index (χ4v) is 5.99. The smallest absolute Gasteiger partial charge is 0.371 e. The van der Waals surface area contributed by atoms with Crippen LogP contribution >= 0.6 is 0 Å². The van der Waals surface area contributed by atoms with Gasteiger partial charge in [0.15, 0.2) is 0 Å². The van der Waals surface area contributed by atoms with Crippen LogP contribution in [0.1, 0.15) is 56.1 Å². The van der Waals surface area contributed by atoms with Crippen LogP contribution < -0.4 is 8.91 Å². The van der Waals surface area contributed by atoms with Crippen LogP contribution in [0.4, 0.5) is 0 Å². The van der Waals surface area contributed by atoms with Crippen molar-refractivity contribution in [2.45, 2.75) is 51.4 Å². The average Bonchev–Trinajstić information content (AvgIpc) is 2.89. The first kappa shape index (κ1) is 17.0. The van der Waals surface area contributed by atoms with Crippen LogP contribution in [0.3, 0.4) is 0 Å². The molecular formula is C19H25NO4S. The third-order valence-electron chi connectivity index (χ3n) is 6.86. The molecule has 136 valence electrons. The minimum absolute atomic E-state index is 0.109. The van der Waals surface area contributed by atoms with Crippen LogP contribution in [0.5, 0.6) is 5.75 Å². The Kier molecular flexibility index (Phi) is 3.96. The van der Waals surface area contributed by atoms with Crippen molar-refractivity contribution in [2.24, 2.45) is 17.3 Å². The molecule has 1 aromatic rings. The number of fused-ring (bicyclic) bond motifs is 5. The van der Waals surface area contributed by atoms with Crippen molar-refractivity contribution >= 4 is 16.1 Å². The van der Waals surface area contributed by atoms with E-state index in [9.17, 15) is 13.2 Å². The fourth-order valence-electron chi connectivity index (χ4n) is 5.55. The molecule has 2 saturated carbocycles. The lowest BCUT2D eigenvalue weighted by Gasteiger charge is -2.48. The molecule has 0 bridgehead atoms. The molecule has 4 rings (SSSR count). The standard InChI is InChI=1S/C19H25NO4S/c1-19-10-9-15-14-6-4-13(24-25(22,23)20-2)11-12(14)3-5-16(15)17(19)7-8-18(19)21/h4,6,11,15-17,20H,3,5,7-10H2,1-2H3/t15?,16?,17?,19-/m0/s1. The van der Waals surface area contributed by atoms with Crippen LogP contribution in [0.15, 0.2) is 18.2 Å². The van der Waals surface area contributed by atoms with E-state index in [4.69, 9.17) is 4.18 Å². The number of Topliss-reactive ketones (excluding diaryl/α,β-unsaturated/α-hetero) is 1. The summed E-state index contributed by atoms with van der Waals surface area (Å²) in [5.74, 6) is 2.40. The van der Waals surface area contributed by atoms with E-state index in [2.05, 4.69) is 11.6 Å². The Labute approximate surface area is 149 Å². The van der Waals surface area contributed by atoms with Gasteiger partial charge < -0.3 is 4.18 Å². The first-order valence-electron chi connectivity index (χ1n) is 9.13. The van der Waals surface area contributed by atoms with Crippen molar-refractivity contribution in [1.82, 2.24) is 4.72 Å². The van der Waals surface area contributed by atoms with Crippen molar-refractivity contribution in [2.75, 3.05) is 7.05 Å². The number of ketones is 1. The van der Waals surface area contributed by atoms with Crippen LogP contribution in [0.2, 0.25) is 0 Å². The Morgan fingerprint density at radius 3 is 2.76 bits per heavy atom. The van der Waals surface area contributed by atoms with Crippen LogP contribution in [0.25, 0.3) is 0 Å². The highest BCUT2D eigenvalue weighted by Crippen LogP contribution is 2.59. The molecule has 5 nitrogen and oxygen atoms in total. The van der Waals surface area contributed by atoms with E-state index in [-0.39, 0.29) is 5.41 Å². The molecule has 4 atom stereocenters. The zero-order valence-electron chi connectivity index (χ0n) is 14.7. The number of hydrogen-bond acceptors (Lipinski definition) is 4. The molecule has 3 unspecified atom stereocenters. The second-order valence-corrected chi connectivity index (χ2v) is 9.42. The van der Waals surface area contributed by atoms with E-state index >= 15 is 0 Å². The van der Waals surface area contributed by atoms with Gasteiger partial charge in [-0.3, -0.25) is 4.79 Å². The molecule has 0 aromatic heterocycles. The molecule has 3 aliphatic rings. The lowest BCUT2D eigenvalue weighted by Crippen LogP contribution is -2.42. The van der Waals surface area contributed by atoms with E-state index in [1.807, 2.05) is 12.1 Å². The van der Waals surface area contributed by atoms with Gasteiger partial charge in [-0.05, 0) is 73.1 Å². The summed E-state index contributed by atoms with van der Waals surface area (Å²) in [7, 11) is -2.40. The summed E-state index contributed by atoms with van der Waals surface area (Å²) in [5.41, 5.74) is 2.41. The van der Waals surface area contributed by atoms with Crippen molar-refractivity contribution in [3.63, 3.8) is 0 Å². The Morgan fingerprint density at radius 1 is 1.20 bits per heavy atom. The van der Waals surface area contributed by atoms with Crippen molar-refractivity contribution in [3.8, 4) is 5.75 Å². The fraction of sp³-hybridized carbons (Fsp3) is 0.632. The van der Waals surface area contributed by atoms with Gasteiger partial charge in [0.2, 0.25) is 0 Å². The molecule has 0 amide bonds. The number of nitrogens with one attached hydrogen (secondary N) is 1. The Bertz CT molecular complexity index is 819. The summed E-state index contributed by atoms with van der Waals surface area (Å²) >= 11 is 0. The first-order chi connectivity index (χ1) is 11.8. The van der Waals surface area contributed by atoms with E-state index in [0.29, 0.717) is 29.3 Å². The van der Waals surface area contributed by atoms with Crippen molar-refractivity contribution < 1.29 is 17.4 Å². The van der Waals surface area contributed by atoms with Gasteiger partial charge in [-0.2, -0.15) is 13.1 Å². The molecule has 3 aliphatic carbocycles. The number of carbonyl (C=O) groups is 1. The Hall–Kier alpha value is -1.40. The molecule has 0 radical (unpaired) electrons. The summed E-state index contributed by atoms with van der Waals surface area (Å²) in [6.45, 7) is 2.18. The largest absolute Gasteiger partial charge is 0.382 e. The maximum Gasteiger partial charge on any atom is 0.382 e. The highest BCUT2D eigenvalue weighted by atomic mass is 32.2. The van der Waals surface area contributed by atoms with Gasteiger partial charge >= 0.3 is 10.3 Å². The van der Waals surface area contributed by atoms with Gasteiger partial charge in [0.25, 0.3) is 0 Å². The van der Waals surface area contributed by atoms with Crippen molar-refractivity contribution in [3.05, 3.63) is 29.3 Å². The third-order valence-corrected chi connectivity index (χ3v) is 7.77. The number of rotatable bonds is 3. The van der Waals surface area contributed by atoms with Gasteiger partial charge in [0, 0.05) is 18.9 Å². The Morgan fingerprint density at radius 2 is 2.00 bits per heavy atom. The van der Waals surface area contributed by atoms with Crippen molar-refractivity contribution in [1.29, 1.82) is 0 Å². The molecule has 1 N–H and O–H groups in total. The molecule has 0 heterocycles. The second kappa shape index (κ2) is 5.81. The molecular weight excluding hydrogens is 338 g/mol. The monoisotopic (exact) mass is 363 g/mol. The lowest BCUT2D eigenvalue weighted by molar-refractivity contribution is -0.129. The topological polar surface area (TPSA) is 72.5 Å². The summed E-state index contributed by atoms with van der Waals surface area (Å²) in [6.07, 6.45) is 5.80. The molecule has 2 fully saturated rings. The first-order valence-corrected chi connectivity index (χ1v) is 10.5. The third kappa shape index (κ3) is 2.70. The zero-order valence-corrected chi connectivity index (χ0v) is 15.6. The lowest BCUT2D eigenvalue weighted by atomic mass is 9.55. The van der Waals surface area contributed by atoms with Gasteiger partial charge in [-0.1, -0.05) is 13.0 Å². The van der Waals surface area contributed by atoms with E-state index in [1.54, 1.807) is 6.07 Å². The maximum atomic E-state index is 12.4. The summed E-state index contributed by atoms with van der Waals surface area (Å²) in [4.78, 5) is 12.4. The van der Waals surface area contributed by atoms with Crippen LogP contribution in [-0.2, 0) is 21.5 Å². The molecule has 25 heavy (non-hydrogen) atoms. The maximum absolute atomic E-state index is 12.4. The van der Waals surface area contributed by atoms with E-state index < -0.39 is 10.3 Å². The SMILES string of the molecule is CNS(=O)(=O)Oc1ccc2c(c1)CCC1C2CC[C@]2(C)C(=O)CCC12. The normalized spacial score (nSPS) is 34.2. The summed E-state index contributed by atoms with van der Waals surface area (Å²) in [6, 6.07) is 5.66. The van der Waals surface area contributed by atoms with Crippen LogP contribution in [-0.4, -0.2) is 21.2 Å². The van der Waals surface area contributed by atoms with Gasteiger partial charge in [-0.25, -0.2) is 0 Å². The average molecular weight is 363 g/mol. The minimum atomic E-state index is -3.74. The predicted molar refractivity (Wildman–Crippen MR) is 94.7 cm³/mol. The number of benzene rings is 1. The quantitative estimate of drug-likeness (QED) is 0.896. The number of carbonyl (C=O) groups excluding carboxylic acids is 1. The second-order valence-electron chi connectivity index (χ2n) is 7.94. The summed E-state index contributed by atoms with van der Waals surface area (Å²) in [5, 5.41) is 0. The minimum Gasteiger partial charge on any atom is -0.371 e. The Balaban J connectivity index is 1.62. The van der Waals surface area contributed by atoms with E-state index in [0.717, 1.165) is 38.5 Å². The van der Waals surface area contributed by atoms with Gasteiger partial charge in [0.05, 0.1) is 0 Å². The van der Waals surface area contributed by atoms with Crippen LogP contribution in [0, 0.1) is 17.3 Å². The highest BCUT2D eigenvalue weighted by molar-refractivity contribution is 7.85. The van der Waals surface area contributed by atoms with E-state index in [1.165, 1.54) is 18.2 Å². The number of hydrogen-bond donors (Lipinski definition) is 1. The molecule has 0 saturated heterocycles. The molecule has 0 aliphatic heterocycles. The molecule has 1 aromatic carbocycles. The van der Waals surface area contributed by atoms with Gasteiger partial charge in [0.1, 0.15) is 11.5 Å². The summed E-state index contributed by atoms with van der Waals surface area (Å²) < 4.78 is 30.4. The number of aryl methyl sites for hydroxylation is 1. The predicted octanol–water partition coefficient (Wildman–Crippen LogP) is 2.95. The van der Waals surface area contributed by atoms with Gasteiger partial charge in [-0.15, -0.1) is 0 Å². The molecule has 0 spiro atoms. The zero-order chi connectivity index (χ0) is 17.8. The molecule has 6 heteroatoms.